The van der Waals surface area contributed by atoms with Gasteiger partial charge in [-0.25, -0.2) is 18.3 Å². The lowest BCUT2D eigenvalue weighted by Crippen LogP contribution is -2.32. The molecule has 4 nitrogen and oxygen atoms in total. The van der Waals surface area contributed by atoms with E-state index in [1.807, 2.05) is 179 Å². The molecule has 0 N–H and O–H groups in total. The Morgan fingerprint density at radius 1 is 0.408 bits per heavy atom. The quantitative estimate of drug-likeness (QED) is 0.115. The molecule has 0 fully saturated rings. The molecular weight excluding hydrogens is 921 g/mol. The Morgan fingerprint density at radius 2 is 0.789 bits per heavy atom. The molecule has 0 radical (unpaired) electrons. The van der Waals surface area contributed by atoms with Gasteiger partial charge in [-0.2, -0.15) is 0 Å². The Labute approximate surface area is 493 Å². The van der Waals surface area contributed by atoms with Crippen molar-refractivity contribution in [3.8, 4) is 45.0 Å². The second-order valence-electron chi connectivity index (χ2n) is 20.0. The first-order valence-electron chi connectivity index (χ1n) is 36.8. The maximum Gasteiger partial charge on any atom is 0.215 e. The summed E-state index contributed by atoms with van der Waals surface area (Å²) in [5.41, 5.74) is 15.1. The van der Waals surface area contributed by atoms with Gasteiger partial charge >= 0.3 is 0 Å². The third-order valence-corrected chi connectivity index (χ3v) is 13.7. The zero-order valence-corrected chi connectivity index (χ0v) is 47.9. The third-order valence-electron chi connectivity index (χ3n) is 13.7. The summed E-state index contributed by atoms with van der Waals surface area (Å²) in [7, 11) is 7.35. The van der Waals surface area contributed by atoms with Crippen LogP contribution >= 0.6 is 0 Å². The first kappa shape index (κ1) is 35.7. The van der Waals surface area contributed by atoms with Crippen molar-refractivity contribution in [3.63, 3.8) is 0 Å². The van der Waals surface area contributed by atoms with Crippen molar-refractivity contribution in [3.05, 3.63) is 213 Å². The van der Waals surface area contributed by atoms with Gasteiger partial charge in [0.05, 0.1) is 0 Å². The maximum absolute atomic E-state index is 8.51. The molecule has 4 aromatic carbocycles. The standard InChI is InChI=1S/C19H26N.2C18H24N.C17H22N/c1-13(2)17-11-19(16-10-8-7-9-15(16)5)20(6)12-18(17)14(3)4;2*1-6-15-12-19(5)18(11-17(15)13(2)3)16-10-8-7-9-14(16)4;1-12(2)15-10-14(4)17(18(5)11-15)16-9-7-6-8-13(16)3/h7-14H,1-6H3;2*7-13H,6H2,1-5H3;6-12H,1-5H3/q4*+1/i3D3,13D,14D;1D3,2D3,6D2,13D;2D3,13D;1D3,12D. The van der Waals surface area contributed by atoms with E-state index in [4.69, 9.17) is 30.2 Å². The van der Waals surface area contributed by atoms with Crippen LogP contribution in [0.5, 0.6) is 0 Å². The number of benzene rings is 4. The lowest BCUT2D eigenvalue weighted by molar-refractivity contribution is -0.661. The number of nitrogens with zero attached hydrogens (tertiary/aromatic N) is 4. The van der Waals surface area contributed by atoms with Crippen molar-refractivity contribution in [2.75, 3.05) is 0 Å². The average Bonchev–Trinajstić information content (AvgIpc) is 0.757. The van der Waals surface area contributed by atoms with E-state index in [9.17, 15) is 0 Å². The van der Waals surface area contributed by atoms with Crippen molar-refractivity contribution in [2.24, 2.45) is 28.2 Å². The molecule has 0 spiro atoms. The van der Waals surface area contributed by atoms with Crippen LogP contribution in [0.15, 0.2) is 146 Å². The van der Waals surface area contributed by atoms with E-state index in [1.54, 1.807) is 37.9 Å². The fourth-order valence-corrected chi connectivity index (χ4v) is 9.48. The molecule has 0 bridgehead atoms. The number of aromatic nitrogens is 4. The highest BCUT2D eigenvalue weighted by Crippen LogP contribution is 2.31. The van der Waals surface area contributed by atoms with Crippen LogP contribution in [0.2, 0.25) is 0 Å². The summed E-state index contributed by atoms with van der Waals surface area (Å²) >= 11 is 0. The second-order valence-corrected chi connectivity index (χ2v) is 20.0. The molecule has 4 aromatic heterocycles. The Hall–Kier alpha value is -6.52. The lowest BCUT2D eigenvalue weighted by Gasteiger charge is -2.16. The van der Waals surface area contributed by atoms with Crippen LogP contribution in [0.1, 0.15) is 209 Å². The molecule has 400 valence electrons. The molecule has 0 aliphatic carbocycles. The smallest absolute Gasteiger partial charge is 0.201 e. The molecule has 8 aromatic rings. The molecule has 4 atom stereocenters. The van der Waals surface area contributed by atoms with Gasteiger partial charge in [0.15, 0.2) is 24.8 Å². The zero-order chi connectivity index (χ0) is 75.0. The van der Waals surface area contributed by atoms with E-state index >= 15 is 0 Å². The van der Waals surface area contributed by atoms with Crippen LogP contribution in [0.4, 0.5) is 0 Å². The van der Waals surface area contributed by atoms with Crippen molar-refractivity contribution >= 4 is 0 Å². The zero-order valence-electron chi connectivity index (χ0n) is 69.9. The van der Waals surface area contributed by atoms with Crippen LogP contribution in [-0.2, 0) is 41.0 Å². The SMILES string of the molecule is [2H]C(C)(C)c1cc(-c2ccccc2C)[n+](C)cc1C([2H])(C)C([2H])([2H])[2H].[2H]C([2H])([2H])C([2H])(C)c1cc(-c2ccccc2C)[n+](C)cc1CC.[2H]C([2H])([2H])C([2H])(C)c1cc(C)c(-c2ccccc2C)[n+](C)c1.[2H]C([2H])([2H])C([2H])([2H])c1c[n+](C)c(-c2ccccc2C)cc1C([2H])(C)C([2H])([2H])[2H]. The van der Waals surface area contributed by atoms with E-state index < -0.39 is 70.1 Å². The van der Waals surface area contributed by atoms with Crippen molar-refractivity contribution < 1.29 is 48.4 Å². The van der Waals surface area contributed by atoms with E-state index in [2.05, 4.69) is 19.1 Å². The predicted molar refractivity (Wildman–Crippen MR) is 325 cm³/mol. The van der Waals surface area contributed by atoms with Gasteiger partial charge in [0.2, 0.25) is 22.8 Å². The number of hydrogen-bond acceptors (Lipinski definition) is 0. The first-order chi connectivity index (χ1) is 44.4. The van der Waals surface area contributed by atoms with Crippen molar-refractivity contribution in [2.45, 2.75) is 160 Å². The molecule has 0 aliphatic rings. The molecule has 0 saturated carbocycles. The summed E-state index contributed by atoms with van der Waals surface area (Å²) in [6.45, 7) is 7.85. The van der Waals surface area contributed by atoms with Gasteiger partial charge < -0.3 is 0 Å². The molecule has 4 unspecified atom stereocenters. The van der Waals surface area contributed by atoms with Crippen LogP contribution < -0.4 is 18.3 Å². The minimum atomic E-state index is -3.02. The van der Waals surface area contributed by atoms with Crippen molar-refractivity contribution in [1.29, 1.82) is 0 Å². The molecule has 0 aliphatic heterocycles. The summed E-state index contributed by atoms with van der Waals surface area (Å²) in [4.78, 5) is 0. The average molecular weight is 1040 g/mol. The summed E-state index contributed by atoms with van der Waals surface area (Å²) in [6.07, 6.45) is 4.58. The molecule has 8 rings (SSSR count). The van der Waals surface area contributed by atoms with Crippen LogP contribution in [-0.4, -0.2) is 0 Å². The van der Waals surface area contributed by atoms with E-state index in [1.165, 1.54) is 38.6 Å². The summed E-state index contributed by atoms with van der Waals surface area (Å²) in [5, 5.41) is 0. The van der Waals surface area contributed by atoms with Gasteiger partial charge in [-0.05, 0) is 146 Å². The second kappa shape index (κ2) is 27.5. The molecule has 4 heterocycles. The highest BCUT2D eigenvalue weighted by atomic mass is 14.9. The maximum atomic E-state index is 8.51. The van der Waals surface area contributed by atoms with Crippen LogP contribution in [0.3, 0.4) is 0 Å². The number of rotatable bonds is 11. The molecule has 4 heteroatoms. The normalized spacial score (nSPS) is 19.6. The molecule has 0 amide bonds. The van der Waals surface area contributed by atoms with E-state index in [0.29, 0.717) is 34.4 Å². The largest absolute Gasteiger partial charge is 0.215 e. The van der Waals surface area contributed by atoms with Gasteiger partial charge in [0.1, 0.15) is 28.2 Å². The predicted octanol–water partition coefficient (Wildman–Crippen LogP) is 17.0. The Balaban J connectivity index is 0.000000237. The number of hydrogen-bond donors (Lipinski definition) is 0. The van der Waals surface area contributed by atoms with Crippen molar-refractivity contribution in [1.82, 2.24) is 0 Å². The third kappa shape index (κ3) is 14.9. The summed E-state index contributed by atoms with van der Waals surface area (Å²) < 4.78 is 181. The van der Waals surface area contributed by atoms with E-state index in [0.717, 1.165) is 74.1 Å². The van der Waals surface area contributed by atoms with Gasteiger partial charge in [-0.1, -0.05) is 156 Å². The topological polar surface area (TPSA) is 15.5 Å². The fourth-order valence-electron chi connectivity index (χ4n) is 9.48. The summed E-state index contributed by atoms with van der Waals surface area (Å²) in [6, 6.07) is 38.5. The molecule has 0 saturated heterocycles. The molecule has 76 heavy (non-hydrogen) atoms. The number of pyridine rings is 4. The Bertz CT molecular complexity index is 4120. The highest BCUT2D eigenvalue weighted by molar-refractivity contribution is 5.65. The van der Waals surface area contributed by atoms with E-state index in [-0.39, 0.29) is 11.1 Å². The minimum Gasteiger partial charge on any atom is -0.201 e. The lowest BCUT2D eigenvalue weighted by atomic mass is 9.90. The Kier molecular flexibility index (Phi) is 12.9. The number of aryl methyl sites for hydroxylation is 11. The highest BCUT2D eigenvalue weighted by Gasteiger charge is 2.23. The van der Waals surface area contributed by atoms with Gasteiger partial charge in [-0.15, -0.1) is 0 Å². The van der Waals surface area contributed by atoms with Gasteiger partial charge in [0.25, 0.3) is 0 Å². The monoisotopic (exact) mass is 1040 g/mol. The fraction of sp³-hybridized carbons (Fsp3) is 0.389. The van der Waals surface area contributed by atoms with Gasteiger partial charge in [-0.3, -0.25) is 0 Å². The minimum absolute atomic E-state index is 0.162. The Morgan fingerprint density at radius 3 is 1.18 bits per heavy atom. The summed E-state index contributed by atoms with van der Waals surface area (Å²) in [5.74, 6) is -8.27. The van der Waals surface area contributed by atoms with Gasteiger partial charge in [0, 0.05) is 98.4 Å². The van der Waals surface area contributed by atoms with Crippen LogP contribution in [0, 0.1) is 34.6 Å². The molecular formula is C72H96N4+4. The first-order valence-corrected chi connectivity index (χ1v) is 25.8. The van der Waals surface area contributed by atoms with Crippen LogP contribution in [0.25, 0.3) is 45.0 Å².